The largest absolute Gasteiger partial charge is 0.207 e. The lowest BCUT2D eigenvalue weighted by atomic mass is 10.2. The number of halogens is 2. The maximum absolute atomic E-state index is 12.1. The van der Waals surface area contributed by atoms with Gasteiger partial charge in [-0.05, 0) is 38.1 Å². The monoisotopic (exact) mass is 310 g/mol. The predicted octanol–water partition coefficient (Wildman–Crippen LogP) is 7.35. The molecule has 0 heterocycles. The first-order valence-electron chi connectivity index (χ1n) is 8.02. The Labute approximate surface area is 136 Å². The molecule has 2 rings (SSSR count). The summed E-state index contributed by atoms with van der Waals surface area (Å²) in [5.74, 6) is -0.341. The van der Waals surface area contributed by atoms with Gasteiger partial charge >= 0.3 is 0 Å². The van der Waals surface area contributed by atoms with Crippen molar-refractivity contribution in [3.05, 3.63) is 71.3 Å². The summed E-state index contributed by atoms with van der Waals surface area (Å²) < 4.78 is 24.2. The standard InChI is InChI=1S/2C7H7F.3C2H6/c2*1-6-2-4-7(8)5-3-6;3*1-2/h2*2-5H,1H3;3*1-2H3. The Hall–Kier alpha value is -1.70. The van der Waals surface area contributed by atoms with E-state index in [0.29, 0.717) is 0 Å². The van der Waals surface area contributed by atoms with Crippen LogP contribution < -0.4 is 0 Å². The zero-order chi connectivity index (χ0) is 18.0. The predicted molar refractivity (Wildman–Crippen MR) is 96.3 cm³/mol. The Morgan fingerprint density at radius 2 is 0.636 bits per heavy atom. The molecule has 0 aliphatic heterocycles. The van der Waals surface area contributed by atoms with Crippen LogP contribution in [-0.4, -0.2) is 0 Å². The Balaban J connectivity index is -0.000000246. The third-order valence-corrected chi connectivity index (χ3v) is 2.02. The lowest BCUT2D eigenvalue weighted by Gasteiger charge is -1.87. The summed E-state index contributed by atoms with van der Waals surface area (Å²) >= 11 is 0. The average Bonchev–Trinajstić information content (AvgIpc) is 2.59. The van der Waals surface area contributed by atoms with Gasteiger partial charge in [0.2, 0.25) is 0 Å². The highest BCUT2D eigenvalue weighted by Gasteiger charge is 1.84. The summed E-state index contributed by atoms with van der Waals surface area (Å²) in [6, 6.07) is 12.8. The van der Waals surface area contributed by atoms with E-state index in [9.17, 15) is 8.78 Å². The van der Waals surface area contributed by atoms with E-state index in [0.717, 1.165) is 11.1 Å². The molecule has 0 aliphatic rings. The van der Waals surface area contributed by atoms with E-state index in [1.807, 2.05) is 55.4 Å². The molecule has 0 nitrogen and oxygen atoms in total. The second-order valence-electron chi connectivity index (χ2n) is 3.59. The first-order chi connectivity index (χ1) is 10.6. The molecule has 126 valence electrons. The van der Waals surface area contributed by atoms with Crippen LogP contribution in [0.3, 0.4) is 0 Å². The summed E-state index contributed by atoms with van der Waals surface area (Å²) in [6.07, 6.45) is 0. The molecule has 0 saturated carbocycles. The van der Waals surface area contributed by atoms with Crippen molar-refractivity contribution in [1.82, 2.24) is 0 Å². The molecule has 0 radical (unpaired) electrons. The van der Waals surface area contributed by atoms with Crippen LogP contribution in [0, 0.1) is 25.5 Å². The van der Waals surface area contributed by atoms with Crippen molar-refractivity contribution >= 4 is 0 Å². The molecular weight excluding hydrogens is 278 g/mol. The third-order valence-electron chi connectivity index (χ3n) is 2.02. The van der Waals surface area contributed by atoms with E-state index >= 15 is 0 Å². The SMILES string of the molecule is CC.CC.CC.Cc1ccc(F)cc1.Cc1ccc(F)cc1. The van der Waals surface area contributed by atoms with Crippen molar-refractivity contribution in [2.75, 3.05) is 0 Å². The number of aryl methyl sites for hydroxylation is 2. The highest BCUT2D eigenvalue weighted by atomic mass is 19.1. The first kappa shape index (κ1) is 25.3. The van der Waals surface area contributed by atoms with Crippen LogP contribution in [-0.2, 0) is 0 Å². The summed E-state index contributed by atoms with van der Waals surface area (Å²) in [6.45, 7) is 15.9. The molecule has 0 amide bonds. The molecule has 0 unspecified atom stereocenters. The normalized spacial score (nSPS) is 7.55. The highest BCUT2D eigenvalue weighted by molar-refractivity contribution is 5.14. The lowest BCUT2D eigenvalue weighted by Crippen LogP contribution is -1.71. The van der Waals surface area contributed by atoms with Crippen molar-refractivity contribution in [2.45, 2.75) is 55.4 Å². The van der Waals surface area contributed by atoms with Crippen molar-refractivity contribution in [2.24, 2.45) is 0 Å². The molecule has 0 fully saturated rings. The maximum Gasteiger partial charge on any atom is 0.123 e. The Morgan fingerprint density at radius 3 is 0.773 bits per heavy atom. The van der Waals surface area contributed by atoms with Gasteiger partial charge in [-0.25, -0.2) is 8.78 Å². The minimum Gasteiger partial charge on any atom is -0.207 e. The first-order valence-corrected chi connectivity index (χ1v) is 8.02. The van der Waals surface area contributed by atoms with Crippen molar-refractivity contribution in [1.29, 1.82) is 0 Å². The topological polar surface area (TPSA) is 0 Å². The molecule has 0 atom stereocenters. The smallest absolute Gasteiger partial charge is 0.123 e. The summed E-state index contributed by atoms with van der Waals surface area (Å²) in [5.41, 5.74) is 2.18. The van der Waals surface area contributed by atoms with Gasteiger partial charge in [-0.1, -0.05) is 76.9 Å². The Kier molecular flexibility index (Phi) is 22.2. The van der Waals surface area contributed by atoms with Gasteiger partial charge in [-0.3, -0.25) is 0 Å². The molecule has 2 aromatic carbocycles. The van der Waals surface area contributed by atoms with Gasteiger partial charge in [-0.15, -0.1) is 0 Å². The van der Waals surface area contributed by atoms with Crippen LogP contribution in [0.15, 0.2) is 48.5 Å². The van der Waals surface area contributed by atoms with Gasteiger partial charge in [0.05, 0.1) is 0 Å². The summed E-state index contributed by atoms with van der Waals surface area (Å²) in [5, 5.41) is 0. The molecule has 0 N–H and O–H groups in total. The van der Waals surface area contributed by atoms with Gasteiger partial charge in [0.1, 0.15) is 11.6 Å². The third kappa shape index (κ3) is 16.4. The fourth-order valence-corrected chi connectivity index (χ4v) is 1.07. The molecule has 2 aromatic rings. The second kappa shape index (κ2) is 19.3. The van der Waals surface area contributed by atoms with E-state index in [1.54, 1.807) is 24.3 Å². The van der Waals surface area contributed by atoms with Gasteiger partial charge < -0.3 is 0 Å². The number of hydrogen-bond donors (Lipinski definition) is 0. The average molecular weight is 310 g/mol. The van der Waals surface area contributed by atoms with Gasteiger partial charge in [0.15, 0.2) is 0 Å². The zero-order valence-electron chi connectivity index (χ0n) is 15.4. The lowest BCUT2D eigenvalue weighted by molar-refractivity contribution is 0.627. The van der Waals surface area contributed by atoms with Gasteiger partial charge in [0.25, 0.3) is 0 Å². The zero-order valence-corrected chi connectivity index (χ0v) is 15.4. The molecule has 0 bridgehead atoms. The van der Waals surface area contributed by atoms with Crippen molar-refractivity contribution < 1.29 is 8.78 Å². The van der Waals surface area contributed by atoms with Crippen molar-refractivity contribution in [3.8, 4) is 0 Å². The van der Waals surface area contributed by atoms with Crippen LogP contribution in [0.1, 0.15) is 52.7 Å². The van der Waals surface area contributed by atoms with E-state index < -0.39 is 0 Å². The highest BCUT2D eigenvalue weighted by Crippen LogP contribution is 1.99. The van der Waals surface area contributed by atoms with Gasteiger partial charge in [0, 0.05) is 0 Å². The fourth-order valence-electron chi connectivity index (χ4n) is 1.07. The molecule has 0 spiro atoms. The van der Waals surface area contributed by atoms with E-state index in [-0.39, 0.29) is 11.6 Å². The van der Waals surface area contributed by atoms with Crippen LogP contribution in [0.4, 0.5) is 8.78 Å². The second-order valence-corrected chi connectivity index (χ2v) is 3.59. The molecule has 2 heteroatoms. The number of rotatable bonds is 0. The summed E-state index contributed by atoms with van der Waals surface area (Å²) in [4.78, 5) is 0. The Morgan fingerprint density at radius 1 is 0.455 bits per heavy atom. The Bertz CT molecular complexity index is 331. The molecular formula is C20H32F2. The number of hydrogen-bond acceptors (Lipinski definition) is 0. The molecule has 0 aromatic heterocycles. The molecule has 0 saturated heterocycles. The minimum atomic E-state index is -0.171. The van der Waals surface area contributed by atoms with Crippen LogP contribution in [0.5, 0.6) is 0 Å². The number of benzene rings is 2. The van der Waals surface area contributed by atoms with Gasteiger partial charge in [-0.2, -0.15) is 0 Å². The van der Waals surface area contributed by atoms with E-state index in [1.165, 1.54) is 24.3 Å². The van der Waals surface area contributed by atoms with Crippen LogP contribution >= 0.6 is 0 Å². The quantitative estimate of drug-likeness (QED) is 0.477. The van der Waals surface area contributed by atoms with E-state index in [2.05, 4.69) is 0 Å². The summed E-state index contributed by atoms with van der Waals surface area (Å²) in [7, 11) is 0. The van der Waals surface area contributed by atoms with Crippen molar-refractivity contribution in [3.63, 3.8) is 0 Å². The van der Waals surface area contributed by atoms with Crippen LogP contribution in [0.2, 0.25) is 0 Å². The minimum absolute atomic E-state index is 0.171. The molecule has 22 heavy (non-hydrogen) atoms. The van der Waals surface area contributed by atoms with Crippen LogP contribution in [0.25, 0.3) is 0 Å². The van der Waals surface area contributed by atoms with E-state index in [4.69, 9.17) is 0 Å². The maximum atomic E-state index is 12.1. The fraction of sp³-hybridized carbons (Fsp3) is 0.400. The molecule has 0 aliphatic carbocycles.